The molecule has 1 heterocycles. The van der Waals surface area contributed by atoms with Gasteiger partial charge in [0.15, 0.2) is 0 Å². The van der Waals surface area contributed by atoms with Crippen LogP contribution in [0.3, 0.4) is 0 Å². The highest BCUT2D eigenvalue weighted by molar-refractivity contribution is 5.21. The largest absolute Gasteiger partial charge is 0.494 e. The first-order valence-electron chi connectivity index (χ1n) is 8.01. The lowest BCUT2D eigenvalue weighted by atomic mass is 10.0. The van der Waals surface area contributed by atoms with Gasteiger partial charge < -0.3 is 14.5 Å². The van der Waals surface area contributed by atoms with Gasteiger partial charge in [-0.3, -0.25) is 0 Å². The molecule has 0 radical (unpaired) electrons. The zero-order chi connectivity index (χ0) is 15.1. The van der Waals surface area contributed by atoms with E-state index in [1.807, 2.05) is 27.0 Å². The van der Waals surface area contributed by atoms with Gasteiger partial charge in [-0.25, -0.2) is 0 Å². The third kappa shape index (κ3) is 4.58. The Kier molecular flexibility index (Phi) is 5.83. The smallest absolute Gasteiger partial charge is 0.113 e. The highest BCUT2D eigenvalue weighted by Crippen LogP contribution is 2.24. The molecule has 0 aliphatic carbocycles. The van der Waals surface area contributed by atoms with E-state index in [1.165, 1.54) is 41.7 Å². The first-order valence-corrected chi connectivity index (χ1v) is 8.01. The van der Waals surface area contributed by atoms with Crippen LogP contribution in [0.25, 0.3) is 0 Å². The summed E-state index contributed by atoms with van der Waals surface area (Å²) in [6.07, 6.45) is 3.37. The molecule has 0 unspecified atom stereocenters. The summed E-state index contributed by atoms with van der Waals surface area (Å²) in [5.41, 5.74) is 2.68. The van der Waals surface area contributed by atoms with Crippen molar-refractivity contribution in [1.29, 1.82) is 0 Å². The van der Waals surface area contributed by atoms with Crippen LogP contribution >= 0.6 is 0 Å². The van der Waals surface area contributed by atoms with Crippen molar-refractivity contribution in [2.24, 2.45) is 0 Å². The van der Waals surface area contributed by atoms with Crippen LogP contribution in [-0.4, -0.2) is 37.7 Å². The number of allylic oxidation sites excluding steroid dienone is 2. The predicted molar refractivity (Wildman–Crippen MR) is 87.8 cm³/mol. The number of quaternary nitrogens is 1. The van der Waals surface area contributed by atoms with E-state index in [-0.39, 0.29) is 0 Å². The van der Waals surface area contributed by atoms with Gasteiger partial charge in [-0.1, -0.05) is 24.3 Å². The number of hydrogen-bond donors (Lipinski definition) is 1. The van der Waals surface area contributed by atoms with E-state index < -0.39 is 0 Å². The Labute approximate surface area is 129 Å². The number of hydrogen-bond acceptors (Lipinski definition) is 2. The lowest BCUT2D eigenvalue weighted by Gasteiger charge is -2.46. The second-order valence-corrected chi connectivity index (χ2v) is 6.13. The maximum absolute atomic E-state index is 5.65. The van der Waals surface area contributed by atoms with Crippen molar-refractivity contribution in [2.45, 2.75) is 33.4 Å². The molecule has 1 N–H and O–H groups in total. The molecule has 1 fully saturated rings. The van der Waals surface area contributed by atoms with Crippen molar-refractivity contribution in [3.8, 4) is 0 Å². The first kappa shape index (κ1) is 16.1. The fourth-order valence-electron chi connectivity index (χ4n) is 2.82. The van der Waals surface area contributed by atoms with E-state index in [0.29, 0.717) is 6.61 Å². The van der Waals surface area contributed by atoms with Crippen LogP contribution in [0.2, 0.25) is 0 Å². The van der Waals surface area contributed by atoms with Gasteiger partial charge in [0.1, 0.15) is 13.2 Å². The predicted octanol–water partition coefficient (Wildman–Crippen LogP) is 3.07. The van der Waals surface area contributed by atoms with Crippen molar-refractivity contribution < 1.29 is 9.22 Å². The summed E-state index contributed by atoms with van der Waals surface area (Å²) >= 11 is 0. The van der Waals surface area contributed by atoms with Crippen LogP contribution in [0.4, 0.5) is 0 Å². The number of likely N-dealkylation sites (tertiary alicyclic amines) is 1. The number of rotatable bonds is 8. The molecule has 2 rings (SSSR count). The molecule has 3 nitrogen and oxygen atoms in total. The summed E-state index contributed by atoms with van der Waals surface area (Å²) in [4.78, 5) is 0. The summed E-state index contributed by atoms with van der Waals surface area (Å²) in [5, 5.41) is 3.28. The van der Waals surface area contributed by atoms with Crippen molar-refractivity contribution in [3.05, 3.63) is 47.2 Å². The minimum atomic E-state index is 0.663. The van der Waals surface area contributed by atoms with Gasteiger partial charge in [-0.15, -0.1) is 0 Å². The average Bonchev–Trinajstić information content (AvgIpc) is 2.48. The van der Waals surface area contributed by atoms with Gasteiger partial charge in [-0.05, 0) is 32.5 Å². The molecule has 0 amide bonds. The summed E-state index contributed by atoms with van der Waals surface area (Å²) in [5.74, 6) is 0.983. The number of likely N-dealkylation sites (N-methyl/N-ethyl adjacent to an activating group) is 1. The molecule has 0 spiro atoms. The molecule has 1 aliphatic heterocycles. The number of ether oxygens (including phenoxy) is 1. The summed E-state index contributed by atoms with van der Waals surface area (Å²) < 4.78 is 6.90. The SMILES string of the molecule is C/C=C(\C)OCc1ccc(C[N+]2(CCNC)CCC2)cc1. The van der Waals surface area contributed by atoms with Gasteiger partial charge in [-0.2, -0.15) is 0 Å². The van der Waals surface area contributed by atoms with E-state index in [9.17, 15) is 0 Å². The molecular formula is C18H29N2O+. The van der Waals surface area contributed by atoms with Gasteiger partial charge in [0.2, 0.25) is 0 Å². The molecule has 3 heteroatoms. The van der Waals surface area contributed by atoms with Crippen LogP contribution in [0.5, 0.6) is 0 Å². The van der Waals surface area contributed by atoms with Gasteiger partial charge in [0, 0.05) is 18.5 Å². The molecule has 21 heavy (non-hydrogen) atoms. The molecule has 0 bridgehead atoms. The Morgan fingerprint density at radius 1 is 1.24 bits per heavy atom. The molecular weight excluding hydrogens is 260 g/mol. The van der Waals surface area contributed by atoms with Gasteiger partial charge in [0.05, 0.1) is 25.4 Å². The standard InChI is InChI=1S/C18H29N2O/c1-4-16(2)21-15-18-8-6-17(7-9-18)14-20(11-5-12-20)13-10-19-3/h4,6-9,19H,5,10-15H2,1-3H3/q+1/b16-4+. The molecule has 116 valence electrons. The minimum absolute atomic E-state index is 0.663. The quantitative estimate of drug-likeness (QED) is 0.586. The lowest BCUT2D eigenvalue weighted by molar-refractivity contribution is -0.974. The lowest BCUT2D eigenvalue weighted by Crippen LogP contribution is -2.59. The van der Waals surface area contributed by atoms with Crippen molar-refractivity contribution in [3.63, 3.8) is 0 Å². The highest BCUT2D eigenvalue weighted by Gasteiger charge is 2.34. The van der Waals surface area contributed by atoms with Gasteiger partial charge >= 0.3 is 0 Å². The summed E-state index contributed by atoms with van der Waals surface area (Å²) in [6, 6.07) is 8.93. The molecule has 1 aromatic rings. The van der Waals surface area contributed by atoms with Crippen molar-refractivity contribution in [1.82, 2.24) is 5.32 Å². The molecule has 0 saturated carbocycles. The van der Waals surface area contributed by atoms with Crippen LogP contribution in [0.1, 0.15) is 31.4 Å². The average molecular weight is 289 g/mol. The summed E-state index contributed by atoms with van der Waals surface area (Å²) in [6.45, 7) is 10.8. The maximum atomic E-state index is 5.65. The monoisotopic (exact) mass is 289 g/mol. The van der Waals surface area contributed by atoms with E-state index in [1.54, 1.807) is 0 Å². The minimum Gasteiger partial charge on any atom is -0.494 e. The number of nitrogens with one attached hydrogen (secondary N) is 1. The zero-order valence-corrected chi connectivity index (χ0v) is 13.7. The molecule has 1 aliphatic rings. The summed E-state index contributed by atoms with van der Waals surface area (Å²) in [7, 11) is 2.04. The Morgan fingerprint density at radius 2 is 1.90 bits per heavy atom. The number of benzene rings is 1. The van der Waals surface area contributed by atoms with Crippen LogP contribution in [-0.2, 0) is 17.9 Å². The Morgan fingerprint density at radius 3 is 2.43 bits per heavy atom. The van der Waals surface area contributed by atoms with Crippen molar-refractivity contribution >= 4 is 0 Å². The van der Waals surface area contributed by atoms with Crippen LogP contribution in [0, 0.1) is 0 Å². The fraction of sp³-hybridized carbons (Fsp3) is 0.556. The zero-order valence-electron chi connectivity index (χ0n) is 13.7. The van der Waals surface area contributed by atoms with Crippen LogP contribution in [0.15, 0.2) is 36.1 Å². The number of nitrogens with zero attached hydrogens (tertiary/aromatic N) is 1. The van der Waals surface area contributed by atoms with E-state index in [4.69, 9.17) is 4.74 Å². The fourth-order valence-corrected chi connectivity index (χ4v) is 2.82. The van der Waals surface area contributed by atoms with E-state index in [2.05, 4.69) is 29.6 Å². The molecule has 0 aromatic heterocycles. The maximum Gasteiger partial charge on any atom is 0.113 e. The second kappa shape index (κ2) is 7.62. The molecule has 0 atom stereocenters. The normalized spacial score (nSPS) is 17.4. The Hall–Kier alpha value is -1.32. The third-order valence-corrected chi connectivity index (χ3v) is 4.52. The molecule has 1 saturated heterocycles. The Balaban J connectivity index is 1.89. The van der Waals surface area contributed by atoms with Crippen LogP contribution < -0.4 is 5.32 Å². The van der Waals surface area contributed by atoms with E-state index >= 15 is 0 Å². The second-order valence-electron chi connectivity index (χ2n) is 6.13. The van der Waals surface area contributed by atoms with Gasteiger partial charge in [0.25, 0.3) is 0 Å². The first-order chi connectivity index (χ1) is 10.2. The van der Waals surface area contributed by atoms with E-state index in [0.717, 1.165) is 18.8 Å². The third-order valence-electron chi connectivity index (χ3n) is 4.52. The molecule has 1 aromatic carbocycles. The van der Waals surface area contributed by atoms with Crippen molar-refractivity contribution in [2.75, 3.05) is 33.2 Å². The topological polar surface area (TPSA) is 21.3 Å². The highest BCUT2D eigenvalue weighted by atomic mass is 16.5. The Bertz CT molecular complexity index is 461.